The fourth-order valence-corrected chi connectivity index (χ4v) is 2.53. The van der Waals surface area contributed by atoms with Gasteiger partial charge in [0.05, 0.1) is 0 Å². The average molecular weight is 229 g/mol. The van der Waals surface area contributed by atoms with Crippen LogP contribution in [0.3, 0.4) is 0 Å². The SMILES string of the molecule is CCCCCCc1cn(CC)c2ccccc12. The molecule has 0 radical (unpaired) electrons. The van der Waals surface area contributed by atoms with Gasteiger partial charge in [-0.2, -0.15) is 0 Å². The van der Waals surface area contributed by atoms with Gasteiger partial charge in [0.2, 0.25) is 0 Å². The molecule has 0 N–H and O–H groups in total. The van der Waals surface area contributed by atoms with Crippen LogP contribution in [0.4, 0.5) is 0 Å². The molecule has 0 aliphatic carbocycles. The zero-order valence-electron chi connectivity index (χ0n) is 11.1. The fraction of sp³-hybridized carbons (Fsp3) is 0.500. The first-order valence-corrected chi connectivity index (χ1v) is 6.93. The maximum absolute atomic E-state index is 2.37. The second kappa shape index (κ2) is 5.90. The summed E-state index contributed by atoms with van der Waals surface area (Å²) >= 11 is 0. The lowest BCUT2D eigenvalue weighted by Crippen LogP contribution is -1.90. The van der Waals surface area contributed by atoms with Crippen LogP contribution in [-0.4, -0.2) is 4.57 Å². The lowest BCUT2D eigenvalue weighted by molar-refractivity contribution is 0.666. The summed E-state index contributed by atoms with van der Waals surface area (Å²) in [5, 5.41) is 1.45. The highest BCUT2D eigenvalue weighted by atomic mass is 14.9. The molecule has 0 saturated heterocycles. The van der Waals surface area contributed by atoms with Crippen LogP contribution in [0.15, 0.2) is 30.5 Å². The Balaban J connectivity index is 2.16. The van der Waals surface area contributed by atoms with Crippen molar-refractivity contribution in [2.24, 2.45) is 0 Å². The molecule has 2 aromatic rings. The van der Waals surface area contributed by atoms with Crippen LogP contribution < -0.4 is 0 Å². The van der Waals surface area contributed by atoms with Gasteiger partial charge in [0.1, 0.15) is 0 Å². The van der Waals surface area contributed by atoms with E-state index >= 15 is 0 Å². The number of nitrogens with zero attached hydrogens (tertiary/aromatic N) is 1. The summed E-state index contributed by atoms with van der Waals surface area (Å²) in [4.78, 5) is 0. The predicted molar refractivity (Wildman–Crippen MR) is 75.5 cm³/mol. The van der Waals surface area contributed by atoms with Gasteiger partial charge in [0.15, 0.2) is 0 Å². The molecule has 1 heterocycles. The maximum atomic E-state index is 2.37. The van der Waals surface area contributed by atoms with E-state index in [1.165, 1.54) is 48.6 Å². The van der Waals surface area contributed by atoms with Gasteiger partial charge >= 0.3 is 0 Å². The second-order valence-corrected chi connectivity index (χ2v) is 4.77. The normalized spacial score (nSPS) is 11.2. The molecule has 0 atom stereocenters. The number of unbranched alkanes of at least 4 members (excludes halogenated alkanes) is 3. The van der Waals surface area contributed by atoms with Gasteiger partial charge in [0.25, 0.3) is 0 Å². The molecule has 92 valence electrons. The summed E-state index contributed by atoms with van der Waals surface area (Å²) < 4.78 is 2.37. The van der Waals surface area contributed by atoms with Crippen molar-refractivity contribution in [3.05, 3.63) is 36.0 Å². The van der Waals surface area contributed by atoms with E-state index < -0.39 is 0 Å². The average Bonchev–Trinajstić information content (AvgIpc) is 2.73. The first kappa shape index (κ1) is 12.2. The highest BCUT2D eigenvalue weighted by Gasteiger charge is 2.06. The summed E-state index contributed by atoms with van der Waals surface area (Å²) in [5.41, 5.74) is 2.92. The van der Waals surface area contributed by atoms with Crippen LogP contribution in [0.1, 0.15) is 45.1 Å². The van der Waals surface area contributed by atoms with E-state index in [0.29, 0.717) is 0 Å². The Morgan fingerprint density at radius 1 is 1.00 bits per heavy atom. The third-order valence-electron chi connectivity index (χ3n) is 3.51. The standard InChI is InChI=1S/C16H23N/c1-3-5-6-7-10-14-13-17(4-2)16-12-9-8-11-15(14)16/h8-9,11-13H,3-7,10H2,1-2H3. The zero-order valence-corrected chi connectivity index (χ0v) is 11.1. The molecule has 0 saturated carbocycles. The van der Waals surface area contributed by atoms with Gasteiger partial charge in [-0.15, -0.1) is 0 Å². The first-order chi connectivity index (χ1) is 8.36. The summed E-state index contributed by atoms with van der Waals surface area (Å²) in [6.45, 7) is 5.55. The van der Waals surface area contributed by atoms with Crippen molar-refractivity contribution in [3.8, 4) is 0 Å². The van der Waals surface area contributed by atoms with Gasteiger partial charge in [-0.1, -0.05) is 44.4 Å². The van der Waals surface area contributed by atoms with E-state index in [0.717, 1.165) is 6.54 Å². The Hall–Kier alpha value is -1.24. The molecule has 2 rings (SSSR count). The predicted octanol–water partition coefficient (Wildman–Crippen LogP) is 4.78. The molecule has 0 fully saturated rings. The van der Waals surface area contributed by atoms with Crippen molar-refractivity contribution >= 4 is 10.9 Å². The Labute approximate surface area is 104 Å². The van der Waals surface area contributed by atoms with E-state index in [1.54, 1.807) is 0 Å². The number of fused-ring (bicyclic) bond motifs is 1. The zero-order chi connectivity index (χ0) is 12.1. The molecule has 0 spiro atoms. The monoisotopic (exact) mass is 229 g/mol. The molecule has 0 amide bonds. The topological polar surface area (TPSA) is 4.93 Å². The van der Waals surface area contributed by atoms with Crippen molar-refractivity contribution in [1.82, 2.24) is 4.57 Å². The second-order valence-electron chi connectivity index (χ2n) is 4.77. The third kappa shape index (κ3) is 2.71. The van der Waals surface area contributed by atoms with Crippen molar-refractivity contribution in [2.75, 3.05) is 0 Å². The Bertz CT molecular complexity index is 467. The van der Waals surface area contributed by atoms with Crippen LogP contribution >= 0.6 is 0 Å². The minimum Gasteiger partial charge on any atom is -0.347 e. The minimum atomic E-state index is 1.06. The van der Waals surface area contributed by atoms with Gasteiger partial charge in [0, 0.05) is 23.6 Å². The Kier molecular flexibility index (Phi) is 4.24. The molecule has 0 bridgehead atoms. The summed E-state index contributed by atoms with van der Waals surface area (Å²) in [5.74, 6) is 0. The number of benzene rings is 1. The Morgan fingerprint density at radius 2 is 1.82 bits per heavy atom. The van der Waals surface area contributed by atoms with Crippen LogP contribution in [0.5, 0.6) is 0 Å². The lowest BCUT2D eigenvalue weighted by Gasteiger charge is -1.98. The van der Waals surface area contributed by atoms with Crippen molar-refractivity contribution in [2.45, 2.75) is 52.5 Å². The molecule has 0 aliphatic heterocycles. The molecule has 1 aromatic heterocycles. The van der Waals surface area contributed by atoms with Gasteiger partial charge in [-0.3, -0.25) is 0 Å². The van der Waals surface area contributed by atoms with E-state index in [9.17, 15) is 0 Å². The van der Waals surface area contributed by atoms with Crippen LogP contribution in [0.25, 0.3) is 10.9 Å². The summed E-state index contributed by atoms with van der Waals surface area (Å²) in [6, 6.07) is 8.78. The molecule has 0 aliphatic rings. The number of rotatable bonds is 6. The molecule has 1 aromatic carbocycles. The molecule has 1 heteroatoms. The van der Waals surface area contributed by atoms with Crippen molar-refractivity contribution in [1.29, 1.82) is 0 Å². The number of hydrogen-bond donors (Lipinski definition) is 0. The largest absolute Gasteiger partial charge is 0.347 e. The summed E-state index contributed by atoms with van der Waals surface area (Å²) in [6.07, 6.45) is 8.95. The quantitative estimate of drug-likeness (QED) is 0.628. The highest BCUT2D eigenvalue weighted by Crippen LogP contribution is 2.23. The smallest absolute Gasteiger partial charge is 0.0483 e. The van der Waals surface area contributed by atoms with Gasteiger partial charge in [-0.25, -0.2) is 0 Å². The van der Waals surface area contributed by atoms with E-state index in [4.69, 9.17) is 0 Å². The number of aromatic nitrogens is 1. The minimum absolute atomic E-state index is 1.06. The molecule has 1 nitrogen and oxygen atoms in total. The van der Waals surface area contributed by atoms with Crippen LogP contribution in [0, 0.1) is 0 Å². The summed E-state index contributed by atoms with van der Waals surface area (Å²) in [7, 11) is 0. The van der Waals surface area contributed by atoms with Crippen molar-refractivity contribution in [3.63, 3.8) is 0 Å². The van der Waals surface area contributed by atoms with Gasteiger partial charge in [-0.05, 0) is 31.4 Å². The van der Waals surface area contributed by atoms with E-state index in [2.05, 4.69) is 48.9 Å². The van der Waals surface area contributed by atoms with E-state index in [1.807, 2.05) is 0 Å². The lowest BCUT2D eigenvalue weighted by atomic mass is 10.1. The Morgan fingerprint density at radius 3 is 2.59 bits per heavy atom. The number of aryl methyl sites for hydroxylation is 2. The maximum Gasteiger partial charge on any atom is 0.0483 e. The number of hydrogen-bond acceptors (Lipinski definition) is 0. The number of para-hydroxylation sites is 1. The highest BCUT2D eigenvalue weighted by molar-refractivity contribution is 5.83. The third-order valence-corrected chi connectivity index (χ3v) is 3.51. The molecule has 17 heavy (non-hydrogen) atoms. The van der Waals surface area contributed by atoms with Gasteiger partial charge < -0.3 is 4.57 Å². The molecular formula is C16H23N. The first-order valence-electron chi connectivity index (χ1n) is 6.93. The van der Waals surface area contributed by atoms with Crippen molar-refractivity contribution < 1.29 is 0 Å². The molecule has 0 unspecified atom stereocenters. The van der Waals surface area contributed by atoms with E-state index in [-0.39, 0.29) is 0 Å². The van der Waals surface area contributed by atoms with Crippen LogP contribution in [-0.2, 0) is 13.0 Å². The van der Waals surface area contributed by atoms with Crippen LogP contribution in [0.2, 0.25) is 0 Å². The fourth-order valence-electron chi connectivity index (χ4n) is 2.53. The molecular weight excluding hydrogens is 206 g/mol.